The second-order valence-electron chi connectivity index (χ2n) is 3.62. The molecule has 0 aliphatic heterocycles. The summed E-state index contributed by atoms with van der Waals surface area (Å²) < 4.78 is 4.21. The highest BCUT2D eigenvalue weighted by Crippen LogP contribution is 2.25. The van der Waals surface area contributed by atoms with Gasteiger partial charge >= 0.3 is 12.4 Å². The Morgan fingerprint density at radius 1 is 1.45 bits per heavy atom. The molecule has 0 heterocycles. The number of hydrogen-bond donors (Lipinski definition) is 0. The van der Waals surface area contributed by atoms with Crippen molar-refractivity contribution in [3.05, 3.63) is 0 Å². The average molecular weight is 158 g/mol. The molecule has 0 saturated carbocycles. The van der Waals surface area contributed by atoms with Gasteiger partial charge in [0.25, 0.3) is 0 Å². The predicted molar refractivity (Wildman–Crippen MR) is 40.8 cm³/mol. The third kappa shape index (κ3) is 3.16. The van der Waals surface area contributed by atoms with E-state index in [0.717, 1.165) is 0 Å². The first-order chi connectivity index (χ1) is 4.89. The van der Waals surface area contributed by atoms with Crippen LogP contribution < -0.4 is 0 Å². The predicted octanol–water partition coefficient (Wildman–Crippen LogP) is 1.37. The van der Waals surface area contributed by atoms with Crippen LogP contribution in [0.25, 0.3) is 0 Å². The highest BCUT2D eigenvalue weighted by Gasteiger charge is 2.27. The van der Waals surface area contributed by atoms with Crippen LogP contribution in [-0.4, -0.2) is 12.4 Å². The van der Waals surface area contributed by atoms with E-state index in [4.69, 9.17) is 0 Å². The lowest BCUT2D eigenvalue weighted by molar-refractivity contribution is -0.157. The number of carbonyl (C=O) groups excluding carboxylic acids is 2. The molecular weight excluding hydrogens is 144 g/mol. The molecule has 3 heteroatoms. The molecule has 0 N–H and O–H groups in total. The number of ether oxygens (including phenoxy) is 1. The first-order valence-corrected chi connectivity index (χ1v) is 3.53. The largest absolute Gasteiger partial charge is 0.395 e. The molecule has 0 aromatic heterocycles. The van der Waals surface area contributed by atoms with Gasteiger partial charge in [0, 0.05) is 0 Å². The van der Waals surface area contributed by atoms with Gasteiger partial charge in [0.15, 0.2) is 0 Å². The van der Waals surface area contributed by atoms with Crippen molar-refractivity contribution >= 4 is 12.4 Å². The Labute approximate surface area is 66.7 Å². The smallest absolute Gasteiger partial charge is 0.316 e. The topological polar surface area (TPSA) is 43.4 Å². The van der Waals surface area contributed by atoms with E-state index in [1.54, 1.807) is 6.92 Å². The minimum absolute atomic E-state index is 0.153. The van der Waals surface area contributed by atoms with E-state index in [1.165, 1.54) is 0 Å². The zero-order valence-corrected chi connectivity index (χ0v) is 7.38. The molecule has 1 atom stereocenters. The summed E-state index contributed by atoms with van der Waals surface area (Å²) in [6.45, 7) is 7.67. The molecule has 0 saturated heterocycles. The van der Waals surface area contributed by atoms with E-state index < -0.39 is 5.97 Å². The van der Waals surface area contributed by atoms with Gasteiger partial charge in [-0.3, -0.25) is 9.59 Å². The van der Waals surface area contributed by atoms with Gasteiger partial charge in [-0.15, -0.1) is 0 Å². The van der Waals surface area contributed by atoms with Crippen molar-refractivity contribution in [3.8, 4) is 0 Å². The summed E-state index contributed by atoms with van der Waals surface area (Å²) in [6.07, 6.45) is 0. The molecule has 3 nitrogen and oxygen atoms in total. The molecule has 0 spiro atoms. The Kier molecular flexibility index (Phi) is 3.23. The van der Waals surface area contributed by atoms with E-state index >= 15 is 0 Å². The Morgan fingerprint density at radius 3 is 2.18 bits per heavy atom. The van der Waals surface area contributed by atoms with E-state index in [0.29, 0.717) is 0 Å². The first-order valence-electron chi connectivity index (χ1n) is 3.53. The fourth-order valence-electron chi connectivity index (χ4n) is 0.503. The Balaban J connectivity index is 4.13. The molecule has 0 aromatic rings. The zero-order chi connectivity index (χ0) is 9.07. The minimum atomic E-state index is -0.465. The fourth-order valence-corrected chi connectivity index (χ4v) is 0.503. The van der Waals surface area contributed by atoms with Crippen molar-refractivity contribution in [2.45, 2.75) is 27.7 Å². The summed E-state index contributed by atoms with van der Waals surface area (Å²) in [6, 6.07) is 0. The second-order valence-corrected chi connectivity index (χ2v) is 3.62. The van der Waals surface area contributed by atoms with E-state index in [-0.39, 0.29) is 17.8 Å². The Hall–Kier alpha value is -0.860. The molecule has 0 radical (unpaired) electrons. The summed E-state index contributed by atoms with van der Waals surface area (Å²) in [7, 11) is 0. The van der Waals surface area contributed by atoms with Gasteiger partial charge in [-0.05, 0) is 5.41 Å². The Morgan fingerprint density at radius 2 is 1.91 bits per heavy atom. The van der Waals surface area contributed by atoms with Crippen LogP contribution in [0.4, 0.5) is 0 Å². The summed E-state index contributed by atoms with van der Waals surface area (Å²) >= 11 is 0. The van der Waals surface area contributed by atoms with E-state index in [9.17, 15) is 9.59 Å². The quantitative estimate of drug-likeness (QED) is 0.346. The Bertz CT molecular complexity index is 155. The van der Waals surface area contributed by atoms with Crippen LogP contribution >= 0.6 is 0 Å². The molecular formula is C8H14O3. The standard InChI is InChI=1S/C8H14O3/c1-6(8(2,3)4)7(10)11-5-9/h5-6H,1-4H3. The average Bonchev–Trinajstić information content (AvgIpc) is 1.85. The molecule has 0 bridgehead atoms. The zero-order valence-electron chi connectivity index (χ0n) is 7.38. The SMILES string of the molecule is CC(C(=O)OC=O)C(C)(C)C. The summed E-state index contributed by atoms with van der Waals surface area (Å²) in [5, 5.41) is 0. The van der Waals surface area contributed by atoms with Gasteiger partial charge in [-0.25, -0.2) is 0 Å². The monoisotopic (exact) mass is 158 g/mol. The normalized spacial score (nSPS) is 13.8. The van der Waals surface area contributed by atoms with Crippen LogP contribution in [0.1, 0.15) is 27.7 Å². The third-order valence-corrected chi connectivity index (χ3v) is 1.82. The lowest BCUT2D eigenvalue weighted by Crippen LogP contribution is -2.27. The third-order valence-electron chi connectivity index (χ3n) is 1.82. The molecule has 64 valence electrons. The maximum atomic E-state index is 10.9. The summed E-state index contributed by atoms with van der Waals surface area (Å²) in [5.41, 5.74) is -0.153. The van der Waals surface area contributed by atoms with Crippen LogP contribution in [-0.2, 0) is 14.3 Å². The van der Waals surface area contributed by atoms with Crippen LogP contribution in [0.5, 0.6) is 0 Å². The van der Waals surface area contributed by atoms with Crippen LogP contribution in [0.3, 0.4) is 0 Å². The van der Waals surface area contributed by atoms with Gasteiger partial charge in [0.05, 0.1) is 5.92 Å². The van der Waals surface area contributed by atoms with Crippen molar-refractivity contribution in [2.24, 2.45) is 11.3 Å². The van der Waals surface area contributed by atoms with Crippen molar-refractivity contribution < 1.29 is 14.3 Å². The minimum Gasteiger partial charge on any atom is -0.395 e. The number of esters is 1. The molecule has 11 heavy (non-hydrogen) atoms. The highest BCUT2D eigenvalue weighted by molar-refractivity contribution is 5.78. The summed E-state index contributed by atoms with van der Waals surface area (Å²) in [4.78, 5) is 20.7. The molecule has 0 rings (SSSR count). The molecule has 1 unspecified atom stereocenters. The number of carbonyl (C=O) groups is 2. The first kappa shape index (κ1) is 10.1. The van der Waals surface area contributed by atoms with Gasteiger partial charge < -0.3 is 4.74 Å². The summed E-state index contributed by atoms with van der Waals surface area (Å²) in [5.74, 6) is -0.722. The van der Waals surface area contributed by atoms with Gasteiger partial charge in [0.2, 0.25) is 0 Å². The fraction of sp³-hybridized carbons (Fsp3) is 0.750. The molecule has 0 aliphatic rings. The van der Waals surface area contributed by atoms with E-state index in [2.05, 4.69) is 4.74 Å². The number of rotatable bonds is 2. The van der Waals surface area contributed by atoms with Gasteiger partial charge in [-0.2, -0.15) is 0 Å². The van der Waals surface area contributed by atoms with Gasteiger partial charge in [0.1, 0.15) is 0 Å². The second kappa shape index (κ2) is 3.51. The molecule has 0 aromatic carbocycles. The number of hydrogen-bond acceptors (Lipinski definition) is 3. The van der Waals surface area contributed by atoms with Crippen LogP contribution in [0.15, 0.2) is 0 Å². The van der Waals surface area contributed by atoms with Crippen LogP contribution in [0, 0.1) is 11.3 Å². The highest BCUT2D eigenvalue weighted by atomic mass is 16.6. The van der Waals surface area contributed by atoms with Crippen molar-refractivity contribution in [1.29, 1.82) is 0 Å². The lowest BCUT2D eigenvalue weighted by Gasteiger charge is -2.23. The maximum Gasteiger partial charge on any atom is 0.316 e. The van der Waals surface area contributed by atoms with E-state index in [1.807, 2.05) is 20.8 Å². The van der Waals surface area contributed by atoms with Crippen molar-refractivity contribution in [2.75, 3.05) is 0 Å². The lowest BCUT2D eigenvalue weighted by atomic mass is 9.82. The van der Waals surface area contributed by atoms with Crippen molar-refractivity contribution in [1.82, 2.24) is 0 Å². The molecule has 0 fully saturated rings. The maximum absolute atomic E-state index is 10.9. The molecule has 0 amide bonds. The van der Waals surface area contributed by atoms with Crippen LogP contribution in [0.2, 0.25) is 0 Å². The molecule has 0 aliphatic carbocycles. The van der Waals surface area contributed by atoms with Gasteiger partial charge in [-0.1, -0.05) is 27.7 Å². The van der Waals surface area contributed by atoms with Crippen molar-refractivity contribution in [3.63, 3.8) is 0 Å².